The van der Waals surface area contributed by atoms with Gasteiger partial charge < -0.3 is 24.9 Å². The van der Waals surface area contributed by atoms with Crippen LogP contribution in [0.1, 0.15) is 38.1 Å². The summed E-state index contributed by atoms with van der Waals surface area (Å²) in [7, 11) is 0. The number of nitrogens with zero attached hydrogens (tertiary/aromatic N) is 3. The van der Waals surface area contributed by atoms with Crippen molar-refractivity contribution in [3.63, 3.8) is 0 Å². The smallest absolute Gasteiger partial charge is 0.390 e. The highest BCUT2D eigenvalue weighted by atomic mass is 16.6. The lowest BCUT2D eigenvalue weighted by atomic mass is 10.2. The van der Waals surface area contributed by atoms with E-state index in [0.29, 0.717) is 30.4 Å². The zero-order chi connectivity index (χ0) is 20.0. The van der Waals surface area contributed by atoms with Gasteiger partial charge in [0.2, 0.25) is 5.91 Å². The highest BCUT2D eigenvalue weighted by molar-refractivity contribution is 5.79. The van der Waals surface area contributed by atoms with Crippen molar-refractivity contribution in [2.45, 2.75) is 40.3 Å². The monoisotopic (exact) mass is 376 g/mol. The van der Waals surface area contributed by atoms with E-state index in [1.54, 1.807) is 19.9 Å². The van der Waals surface area contributed by atoms with Gasteiger partial charge in [-0.3, -0.25) is 4.79 Å². The predicted molar refractivity (Wildman–Crippen MR) is 99.0 cm³/mol. The molecule has 0 spiro atoms. The molecule has 27 heavy (non-hydrogen) atoms. The van der Waals surface area contributed by atoms with Crippen LogP contribution in [-0.4, -0.2) is 33.8 Å². The maximum Gasteiger partial charge on any atom is 0.390 e. The Hall–Kier alpha value is -3.10. The quantitative estimate of drug-likeness (QED) is 0.532. The van der Waals surface area contributed by atoms with Gasteiger partial charge in [-0.05, 0) is 50.3 Å². The van der Waals surface area contributed by atoms with E-state index in [2.05, 4.69) is 10.4 Å². The van der Waals surface area contributed by atoms with Crippen molar-refractivity contribution in [2.75, 3.05) is 13.2 Å². The number of amides is 1. The summed E-state index contributed by atoms with van der Waals surface area (Å²) in [6.07, 6.45) is 0. The molecule has 1 heterocycles. The number of carbonyl (C=O) groups excluding carboxylic acids is 1. The maximum atomic E-state index is 12.4. The van der Waals surface area contributed by atoms with Gasteiger partial charge in [0.05, 0.1) is 30.1 Å². The Morgan fingerprint density at radius 3 is 2.52 bits per heavy atom. The summed E-state index contributed by atoms with van der Waals surface area (Å²) in [4.78, 5) is 22.7. The van der Waals surface area contributed by atoms with Crippen molar-refractivity contribution in [1.82, 2.24) is 15.1 Å². The zero-order valence-corrected chi connectivity index (χ0v) is 15.9. The zero-order valence-electron chi connectivity index (χ0n) is 15.9. The van der Waals surface area contributed by atoms with Gasteiger partial charge in [-0.15, -0.1) is 0 Å². The van der Waals surface area contributed by atoms with Gasteiger partial charge >= 0.3 is 5.82 Å². The minimum absolute atomic E-state index is 0.278. The third kappa shape index (κ3) is 4.96. The number of ether oxygens (including phenoxy) is 2. The molecule has 9 heteroatoms. The van der Waals surface area contributed by atoms with E-state index in [-0.39, 0.29) is 18.3 Å². The van der Waals surface area contributed by atoms with Gasteiger partial charge in [-0.25, -0.2) is 0 Å². The number of hydrogen-bond acceptors (Lipinski definition) is 6. The Balaban J connectivity index is 2.06. The molecule has 0 aliphatic rings. The van der Waals surface area contributed by atoms with Crippen LogP contribution in [0, 0.1) is 17.0 Å². The van der Waals surface area contributed by atoms with E-state index in [1.165, 1.54) is 10.7 Å². The summed E-state index contributed by atoms with van der Waals surface area (Å²) in [5, 5.41) is 17.5. The molecule has 1 N–H and O–H groups in total. The summed E-state index contributed by atoms with van der Waals surface area (Å²) in [6, 6.07) is 6.14. The van der Waals surface area contributed by atoms with Crippen LogP contribution in [0.2, 0.25) is 0 Å². The Morgan fingerprint density at radius 1 is 1.26 bits per heavy atom. The average Bonchev–Trinajstić information content (AvgIpc) is 3.03. The molecule has 9 nitrogen and oxygen atoms in total. The lowest BCUT2D eigenvalue weighted by Gasteiger charge is -2.14. The van der Waals surface area contributed by atoms with Gasteiger partial charge in [-0.2, -0.15) is 4.68 Å². The van der Waals surface area contributed by atoms with Crippen molar-refractivity contribution in [2.24, 2.45) is 0 Å². The molecule has 1 atom stereocenters. The standard InChI is InChI=1S/C18H24N4O5/c1-5-26-15-8-7-14(10-16(15)27-6-2)11-19-18(23)13(4)21-12(3)9-17(20-21)22(24)25/h7-10,13H,5-6,11H2,1-4H3,(H,19,23). The van der Waals surface area contributed by atoms with Crippen LogP contribution in [-0.2, 0) is 11.3 Å². The van der Waals surface area contributed by atoms with Crippen LogP contribution in [0.25, 0.3) is 0 Å². The van der Waals surface area contributed by atoms with Gasteiger partial charge in [0.25, 0.3) is 0 Å². The molecule has 2 rings (SSSR count). The summed E-state index contributed by atoms with van der Waals surface area (Å²) < 4.78 is 12.4. The first kappa shape index (κ1) is 20.2. The van der Waals surface area contributed by atoms with E-state index in [0.717, 1.165) is 5.56 Å². The predicted octanol–water partition coefficient (Wildman–Crippen LogP) is 2.77. The minimum Gasteiger partial charge on any atom is -0.490 e. The molecular weight excluding hydrogens is 352 g/mol. The minimum atomic E-state index is -0.673. The first-order valence-electron chi connectivity index (χ1n) is 8.74. The van der Waals surface area contributed by atoms with Crippen LogP contribution in [0.5, 0.6) is 11.5 Å². The van der Waals surface area contributed by atoms with Gasteiger partial charge in [0.15, 0.2) is 11.5 Å². The van der Waals surface area contributed by atoms with Crippen LogP contribution in [0.4, 0.5) is 5.82 Å². The molecule has 0 saturated carbocycles. The number of rotatable bonds is 9. The van der Waals surface area contributed by atoms with Crippen LogP contribution in [0.15, 0.2) is 24.3 Å². The van der Waals surface area contributed by atoms with E-state index in [9.17, 15) is 14.9 Å². The summed E-state index contributed by atoms with van der Waals surface area (Å²) in [5.41, 5.74) is 1.40. The molecule has 1 unspecified atom stereocenters. The van der Waals surface area contributed by atoms with Crippen molar-refractivity contribution >= 4 is 11.7 Å². The lowest BCUT2D eigenvalue weighted by molar-refractivity contribution is -0.389. The van der Waals surface area contributed by atoms with E-state index in [1.807, 2.05) is 26.0 Å². The lowest BCUT2D eigenvalue weighted by Crippen LogP contribution is -2.31. The molecule has 2 aromatic rings. The molecule has 1 aromatic heterocycles. The Labute approximate surface area is 157 Å². The number of nitro groups is 1. The molecule has 1 amide bonds. The maximum absolute atomic E-state index is 12.4. The largest absolute Gasteiger partial charge is 0.490 e. The normalized spacial score (nSPS) is 11.7. The average molecular weight is 376 g/mol. The van der Waals surface area contributed by atoms with Crippen LogP contribution < -0.4 is 14.8 Å². The van der Waals surface area contributed by atoms with Crippen LogP contribution in [0.3, 0.4) is 0 Å². The Morgan fingerprint density at radius 2 is 1.93 bits per heavy atom. The van der Waals surface area contributed by atoms with Crippen molar-refractivity contribution in [3.8, 4) is 11.5 Å². The first-order valence-corrected chi connectivity index (χ1v) is 8.74. The molecule has 0 saturated heterocycles. The fourth-order valence-electron chi connectivity index (χ4n) is 2.61. The second-order valence-electron chi connectivity index (χ2n) is 5.89. The van der Waals surface area contributed by atoms with E-state index in [4.69, 9.17) is 9.47 Å². The fraction of sp³-hybridized carbons (Fsp3) is 0.444. The number of aryl methyl sites for hydroxylation is 1. The molecule has 146 valence electrons. The van der Waals surface area contributed by atoms with Gasteiger partial charge in [0.1, 0.15) is 6.04 Å². The molecule has 0 aliphatic carbocycles. The molecule has 0 fully saturated rings. The van der Waals surface area contributed by atoms with Gasteiger partial charge in [-0.1, -0.05) is 6.07 Å². The molecular formula is C18H24N4O5. The highest BCUT2D eigenvalue weighted by Gasteiger charge is 2.24. The third-order valence-corrected chi connectivity index (χ3v) is 3.92. The van der Waals surface area contributed by atoms with E-state index >= 15 is 0 Å². The second kappa shape index (κ2) is 9.02. The van der Waals surface area contributed by atoms with Crippen LogP contribution >= 0.6 is 0 Å². The molecule has 1 aromatic carbocycles. The Bertz CT molecular complexity index is 818. The second-order valence-corrected chi connectivity index (χ2v) is 5.89. The Kier molecular flexibility index (Phi) is 6.75. The number of hydrogen-bond donors (Lipinski definition) is 1. The number of nitrogens with one attached hydrogen (secondary N) is 1. The topological polar surface area (TPSA) is 109 Å². The number of benzene rings is 1. The van der Waals surface area contributed by atoms with Gasteiger partial charge in [0, 0.05) is 6.54 Å². The summed E-state index contributed by atoms with van der Waals surface area (Å²) >= 11 is 0. The molecule has 0 bridgehead atoms. The molecule has 0 aliphatic heterocycles. The van der Waals surface area contributed by atoms with Crippen molar-refractivity contribution < 1.29 is 19.2 Å². The summed E-state index contributed by atoms with van der Waals surface area (Å²) in [6.45, 7) is 8.42. The number of carbonyl (C=O) groups is 1. The third-order valence-electron chi connectivity index (χ3n) is 3.92. The van der Waals surface area contributed by atoms with Crippen molar-refractivity contribution in [1.29, 1.82) is 0 Å². The molecule has 0 radical (unpaired) electrons. The van der Waals surface area contributed by atoms with E-state index < -0.39 is 11.0 Å². The fourth-order valence-corrected chi connectivity index (χ4v) is 2.61. The summed E-state index contributed by atoms with van der Waals surface area (Å²) in [5.74, 6) is 0.711. The van der Waals surface area contributed by atoms with Crippen molar-refractivity contribution in [3.05, 3.63) is 45.6 Å². The SMILES string of the molecule is CCOc1ccc(CNC(=O)C(C)n2nc([N+](=O)[O-])cc2C)cc1OCC. The highest BCUT2D eigenvalue weighted by Crippen LogP contribution is 2.28. The number of aromatic nitrogens is 2. The first-order chi connectivity index (χ1) is 12.9.